The fourth-order valence-corrected chi connectivity index (χ4v) is 4.12. The number of carbonyl (C=O) groups is 1. The fourth-order valence-electron chi connectivity index (χ4n) is 4.12. The lowest BCUT2D eigenvalue weighted by Crippen LogP contribution is -2.49. The number of carbonyl (C=O) groups excluding carboxylic acids is 1. The van der Waals surface area contributed by atoms with Crippen molar-refractivity contribution in [2.45, 2.75) is 63.3 Å². The number of aromatic nitrogens is 3. The number of rotatable bonds is 5. The molecule has 25 heavy (non-hydrogen) atoms. The molecule has 4 rings (SSSR count). The molecular formula is C20H26N4O. The first kappa shape index (κ1) is 16.3. The maximum Gasteiger partial charge on any atom is 0.230 e. The van der Waals surface area contributed by atoms with Gasteiger partial charge in [0.15, 0.2) is 0 Å². The van der Waals surface area contributed by atoms with Crippen molar-refractivity contribution in [2.75, 3.05) is 6.54 Å². The van der Waals surface area contributed by atoms with Gasteiger partial charge in [0.1, 0.15) is 11.6 Å². The van der Waals surface area contributed by atoms with Crippen LogP contribution in [0.25, 0.3) is 0 Å². The molecular weight excluding hydrogens is 312 g/mol. The van der Waals surface area contributed by atoms with E-state index in [1.54, 1.807) is 0 Å². The van der Waals surface area contributed by atoms with Gasteiger partial charge in [-0.25, -0.2) is 0 Å². The Morgan fingerprint density at radius 3 is 2.68 bits per heavy atom. The standard InChI is InChI=1S/C20H26N4O/c25-19(20(12-7-13-20)16-8-3-1-4-9-16)21-14-11-18-23-22-17-10-5-2-6-15-24(17)18/h1,3-4,8-9H,2,5-7,10-15H2,(H,21,25). The third-order valence-electron chi connectivity index (χ3n) is 5.79. The van der Waals surface area contributed by atoms with Crippen LogP contribution in [0.5, 0.6) is 0 Å². The molecule has 2 aromatic rings. The summed E-state index contributed by atoms with van der Waals surface area (Å²) in [5, 5.41) is 11.9. The van der Waals surface area contributed by atoms with E-state index in [0.29, 0.717) is 6.54 Å². The number of fused-ring (bicyclic) bond motifs is 1. The SMILES string of the molecule is O=C(NCCc1nnc2n1CCCCC2)C1(c2ccccc2)CCC1. The second-order valence-electron chi connectivity index (χ2n) is 7.30. The van der Waals surface area contributed by atoms with Crippen LogP contribution >= 0.6 is 0 Å². The summed E-state index contributed by atoms with van der Waals surface area (Å²) in [6.45, 7) is 1.64. The molecule has 0 unspecified atom stereocenters. The summed E-state index contributed by atoms with van der Waals surface area (Å²) in [5.41, 5.74) is 0.832. The van der Waals surface area contributed by atoms with Crippen LogP contribution < -0.4 is 5.32 Å². The topological polar surface area (TPSA) is 59.8 Å². The molecule has 1 fully saturated rings. The second kappa shape index (κ2) is 6.98. The minimum Gasteiger partial charge on any atom is -0.355 e. The zero-order chi connectivity index (χ0) is 17.1. The molecule has 1 aliphatic carbocycles. The van der Waals surface area contributed by atoms with Gasteiger partial charge in [0, 0.05) is 25.9 Å². The zero-order valence-corrected chi connectivity index (χ0v) is 14.7. The van der Waals surface area contributed by atoms with Gasteiger partial charge < -0.3 is 9.88 Å². The first-order valence-corrected chi connectivity index (χ1v) is 9.54. The van der Waals surface area contributed by atoms with Crippen LogP contribution in [0.15, 0.2) is 30.3 Å². The van der Waals surface area contributed by atoms with Crippen molar-refractivity contribution in [2.24, 2.45) is 0 Å². The molecule has 1 amide bonds. The van der Waals surface area contributed by atoms with Gasteiger partial charge in [-0.3, -0.25) is 4.79 Å². The molecule has 0 radical (unpaired) electrons. The minimum atomic E-state index is -0.316. The normalized spacial score (nSPS) is 18.7. The number of amides is 1. The third-order valence-corrected chi connectivity index (χ3v) is 5.79. The van der Waals surface area contributed by atoms with Crippen LogP contribution in [0.1, 0.15) is 55.7 Å². The number of benzene rings is 1. The Kier molecular flexibility index (Phi) is 4.55. The van der Waals surface area contributed by atoms with E-state index in [9.17, 15) is 4.79 Å². The summed E-state index contributed by atoms with van der Waals surface area (Å²) in [4.78, 5) is 12.9. The van der Waals surface area contributed by atoms with E-state index in [1.165, 1.54) is 19.3 Å². The molecule has 0 bridgehead atoms. The first-order valence-electron chi connectivity index (χ1n) is 9.54. The lowest BCUT2D eigenvalue weighted by atomic mass is 9.64. The lowest BCUT2D eigenvalue weighted by molar-refractivity contribution is -0.129. The van der Waals surface area contributed by atoms with Crippen molar-refractivity contribution in [3.05, 3.63) is 47.5 Å². The summed E-state index contributed by atoms with van der Waals surface area (Å²) in [5.74, 6) is 2.29. The Balaban J connectivity index is 1.39. The Labute approximate surface area is 148 Å². The molecule has 1 N–H and O–H groups in total. The molecule has 2 heterocycles. The van der Waals surface area contributed by atoms with Crippen LogP contribution in [0.3, 0.4) is 0 Å². The molecule has 0 spiro atoms. The van der Waals surface area contributed by atoms with E-state index in [4.69, 9.17) is 0 Å². The van der Waals surface area contributed by atoms with Crippen molar-refractivity contribution >= 4 is 5.91 Å². The number of aryl methyl sites for hydroxylation is 1. The first-order chi connectivity index (χ1) is 12.3. The zero-order valence-electron chi connectivity index (χ0n) is 14.7. The van der Waals surface area contributed by atoms with Crippen molar-refractivity contribution in [1.29, 1.82) is 0 Å². The smallest absolute Gasteiger partial charge is 0.230 e. The maximum absolute atomic E-state index is 12.9. The van der Waals surface area contributed by atoms with E-state index in [0.717, 1.165) is 55.9 Å². The molecule has 5 nitrogen and oxygen atoms in total. The van der Waals surface area contributed by atoms with Gasteiger partial charge in [-0.05, 0) is 31.2 Å². The quantitative estimate of drug-likeness (QED) is 0.912. The molecule has 0 atom stereocenters. The molecule has 1 aromatic heterocycles. The highest BCUT2D eigenvalue weighted by molar-refractivity contribution is 5.89. The summed E-state index contributed by atoms with van der Waals surface area (Å²) in [6, 6.07) is 10.2. The Morgan fingerprint density at radius 1 is 1.08 bits per heavy atom. The molecule has 132 valence electrons. The number of hydrogen-bond donors (Lipinski definition) is 1. The summed E-state index contributed by atoms with van der Waals surface area (Å²) >= 11 is 0. The average molecular weight is 338 g/mol. The second-order valence-corrected chi connectivity index (χ2v) is 7.30. The largest absolute Gasteiger partial charge is 0.355 e. The Morgan fingerprint density at radius 2 is 1.92 bits per heavy atom. The van der Waals surface area contributed by atoms with E-state index >= 15 is 0 Å². The highest BCUT2D eigenvalue weighted by atomic mass is 16.2. The molecule has 1 aromatic carbocycles. The number of nitrogens with zero attached hydrogens (tertiary/aromatic N) is 3. The maximum atomic E-state index is 12.9. The van der Waals surface area contributed by atoms with Crippen molar-refractivity contribution < 1.29 is 4.79 Å². The van der Waals surface area contributed by atoms with E-state index in [2.05, 4.69) is 32.2 Å². The Bertz CT molecular complexity index is 733. The fraction of sp³-hybridized carbons (Fsp3) is 0.550. The molecule has 0 saturated heterocycles. The van der Waals surface area contributed by atoms with Crippen molar-refractivity contribution in [3.63, 3.8) is 0 Å². The molecule has 1 aliphatic heterocycles. The number of hydrogen-bond acceptors (Lipinski definition) is 3. The number of nitrogens with one attached hydrogen (secondary N) is 1. The summed E-state index contributed by atoms with van der Waals surface area (Å²) < 4.78 is 2.26. The van der Waals surface area contributed by atoms with Gasteiger partial charge in [-0.1, -0.05) is 43.2 Å². The van der Waals surface area contributed by atoms with Crippen LogP contribution in [0, 0.1) is 0 Å². The van der Waals surface area contributed by atoms with Crippen LogP contribution in [0.2, 0.25) is 0 Å². The van der Waals surface area contributed by atoms with Crippen LogP contribution in [0.4, 0.5) is 0 Å². The van der Waals surface area contributed by atoms with E-state index in [-0.39, 0.29) is 11.3 Å². The van der Waals surface area contributed by atoms with Crippen LogP contribution in [-0.2, 0) is 29.6 Å². The predicted molar refractivity (Wildman–Crippen MR) is 96.3 cm³/mol. The van der Waals surface area contributed by atoms with Gasteiger partial charge in [0.05, 0.1) is 5.41 Å². The molecule has 1 saturated carbocycles. The van der Waals surface area contributed by atoms with Crippen LogP contribution in [-0.4, -0.2) is 27.2 Å². The van der Waals surface area contributed by atoms with Gasteiger partial charge >= 0.3 is 0 Å². The average Bonchev–Trinajstić information content (AvgIpc) is 2.82. The van der Waals surface area contributed by atoms with Crippen molar-refractivity contribution in [1.82, 2.24) is 20.1 Å². The van der Waals surface area contributed by atoms with Gasteiger partial charge in [0.25, 0.3) is 0 Å². The predicted octanol–water partition coefficient (Wildman–Crippen LogP) is 2.79. The van der Waals surface area contributed by atoms with Gasteiger partial charge in [-0.15, -0.1) is 10.2 Å². The third kappa shape index (κ3) is 3.08. The highest BCUT2D eigenvalue weighted by Gasteiger charge is 2.45. The molecule has 2 aliphatic rings. The monoisotopic (exact) mass is 338 g/mol. The Hall–Kier alpha value is -2.17. The van der Waals surface area contributed by atoms with Gasteiger partial charge in [-0.2, -0.15) is 0 Å². The summed E-state index contributed by atoms with van der Waals surface area (Å²) in [7, 11) is 0. The summed E-state index contributed by atoms with van der Waals surface area (Å²) in [6.07, 6.45) is 8.46. The highest BCUT2D eigenvalue weighted by Crippen LogP contribution is 2.43. The minimum absolute atomic E-state index is 0.167. The van der Waals surface area contributed by atoms with E-state index < -0.39 is 0 Å². The van der Waals surface area contributed by atoms with Crippen molar-refractivity contribution in [3.8, 4) is 0 Å². The lowest BCUT2D eigenvalue weighted by Gasteiger charge is -2.40. The van der Waals surface area contributed by atoms with E-state index in [1.807, 2.05) is 18.2 Å². The molecule has 5 heteroatoms. The van der Waals surface area contributed by atoms with Gasteiger partial charge in [0.2, 0.25) is 5.91 Å².